The Morgan fingerprint density at radius 1 is 1.25 bits per heavy atom. The van der Waals surface area contributed by atoms with Crippen LogP contribution in [0.3, 0.4) is 0 Å². The van der Waals surface area contributed by atoms with Crippen molar-refractivity contribution in [1.82, 2.24) is 0 Å². The van der Waals surface area contributed by atoms with Crippen LogP contribution in [0.1, 0.15) is 31.9 Å². The van der Waals surface area contributed by atoms with E-state index in [0.29, 0.717) is 12.0 Å². The predicted octanol–water partition coefficient (Wildman–Crippen LogP) is 3.73. The van der Waals surface area contributed by atoms with E-state index in [1.807, 2.05) is 0 Å². The Morgan fingerprint density at radius 3 is 2.25 bits per heavy atom. The lowest BCUT2D eigenvalue weighted by atomic mass is 9.91. The van der Waals surface area contributed by atoms with Gasteiger partial charge in [0.05, 0.1) is 5.02 Å². The van der Waals surface area contributed by atoms with Gasteiger partial charge < -0.3 is 5.73 Å². The number of hydrogen-bond donors (Lipinski definition) is 1. The molecule has 0 aromatic heterocycles. The Bertz CT molecular complexity index is 378. The van der Waals surface area contributed by atoms with Crippen LogP contribution in [0.4, 0.5) is 8.78 Å². The first-order valence-corrected chi connectivity index (χ1v) is 5.43. The average molecular weight is 248 g/mol. The van der Waals surface area contributed by atoms with Gasteiger partial charge in [-0.3, -0.25) is 0 Å². The molecule has 0 aliphatic carbocycles. The highest BCUT2D eigenvalue weighted by Gasteiger charge is 2.31. The highest BCUT2D eigenvalue weighted by Crippen LogP contribution is 2.36. The SMILES string of the molecule is CC(C)(N)Cc1cccc(Cl)c1C(C)(F)F. The number of hydrogen-bond acceptors (Lipinski definition) is 1. The molecular formula is C12H16ClF2N. The first-order chi connectivity index (χ1) is 7.11. The minimum atomic E-state index is -2.95. The van der Waals surface area contributed by atoms with Crippen LogP contribution < -0.4 is 5.73 Å². The smallest absolute Gasteiger partial charge is 0.272 e. The molecule has 0 atom stereocenters. The number of alkyl halides is 2. The standard InChI is InChI=1S/C12H16ClF2N/c1-11(2,16)7-8-5-4-6-9(13)10(8)12(3,14)15/h4-6H,7,16H2,1-3H3. The van der Waals surface area contributed by atoms with Gasteiger partial charge in [-0.2, -0.15) is 0 Å². The van der Waals surface area contributed by atoms with E-state index in [-0.39, 0.29) is 10.6 Å². The van der Waals surface area contributed by atoms with Crippen LogP contribution >= 0.6 is 11.6 Å². The molecule has 2 N–H and O–H groups in total. The first kappa shape index (κ1) is 13.4. The molecule has 0 spiro atoms. The van der Waals surface area contributed by atoms with Crippen LogP contribution in [0.5, 0.6) is 0 Å². The second kappa shape index (κ2) is 4.30. The van der Waals surface area contributed by atoms with E-state index in [0.717, 1.165) is 6.92 Å². The van der Waals surface area contributed by atoms with Crippen molar-refractivity contribution in [1.29, 1.82) is 0 Å². The van der Waals surface area contributed by atoms with Crippen LogP contribution in [0.2, 0.25) is 5.02 Å². The van der Waals surface area contributed by atoms with E-state index in [1.165, 1.54) is 6.07 Å². The molecule has 0 saturated heterocycles. The van der Waals surface area contributed by atoms with Crippen LogP contribution in [0.15, 0.2) is 18.2 Å². The summed E-state index contributed by atoms with van der Waals surface area (Å²) in [6.45, 7) is 4.44. The number of rotatable bonds is 3. The van der Waals surface area contributed by atoms with Crippen LogP contribution in [0, 0.1) is 0 Å². The molecule has 0 heterocycles. The van der Waals surface area contributed by atoms with Crippen LogP contribution in [0.25, 0.3) is 0 Å². The van der Waals surface area contributed by atoms with E-state index in [4.69, 9.17) is 17.3 Å². The molecule has 1 aromatic carbocycles. The molecular weight excluding hydrogens is 232 g/mol. The molecule has 0 radical (unpaired) electrons. The summed E-state index contributed by atoms with van der Waals surface area (Å²) in [5, 5.41) is 0.0919. The minimum absolute atomic E-state index is 0.0919. The zero-order valence-electron chi connectivity index (χ0n) is 9.65. The van der Waals surface area contributed by atoms with Crippen LogP contribution in [-0.2, 0) is 12.3 Å². The Hall–Kier alpha value is -0.670. The molecule has 0 aliphatic heterocycles. The fraction of sp³-hybridized carbons (Fsp3) is 0.500. The summed E-state index contributed by atoms with van der Waals surface area (Å²) >= 11 is 5.82. The second-order valence-electron chi connectivity index (χ2n) is 4.83. The van der Waals surface area contributed by atoms with Gasteiger partial charge in [0, 0.05) is 18.0 Å². The molecule has 16 heavy (non-hydrogen) atoms. The Labute approximate surface area is 99.6 Å². The van der Waals surface area contributed by atoms with Crippen LogP contribution in [-0.4, -0.2) is 5.54 Å². The fourth-order valence-corrected chi connectivity index (χ4v) is 2.06. The van der Waals surface area contributed by atoms with E-state index in [9.17, 15) is 8.78 Å². The third kappa shape index (κ3) is 3.42. The van der Waals surface area contributed by atoms with Gasteiger partial charge in [-0.1, -0.05) is 23.7 Å². The zero-order valence-corrected chi connectivity index (χ0v) is 10.4. The van der Waals surface area contributed by atoms with Gasteiger partial charge in [-0.15, -0.1) is 0 Å². The summed E-state index contributed by atoms with van der Waals surface area (Å²) < 4.78 is 26.9. The van der Waals surface area contributed by atoms with Gasteiger partial charge in [-0.25, -0.2) is 8.78 Å². The molecule has 1 nitrogen and oxygen atoms in total. The van der Waals surface area contributed by atoms with Crippen molar-refractivity contribution in [3.05, 3.63) is 34.3 Å². The summed E-state index contributed by atoms with van der Waals surface area (Å²) in [6, 6.07) is 4.78. The summed E-state index contributed by atoms with van der Waals surface area (Å²) in [5.74, 6) is -2.95. The van der Waals surface area contributed by atoms with Gasteiger partial charge in [0.25, 0.3) is 5.92 Å². The summed E-state index contributed by atoms with van der Waals surface area (Å²) in [4.78, 5) is 0. The van der Waals surface area contributed by atoms with E-state index >= 15 is 0 Å². The lowest BCUT2D eigenvalue weighted by Crippen LogP contribution is -2.35. The zero-order chi connectivity index (χ0) is 12.6. The quantitative estimate of drug-likeness (QED) is 0.865. The van der Waals surface area contributed by atoms with Gasteiger partial charge >= 0.3 is 0 Å². The van der Waals surface area contributed by atoms with Crippen molar-refractivity contribution in [2.75, 3.05) is 0 Å². The largest absolute Gasteiger partial charge is 0.325 e. The highest BCUT2D eigenvalue weighted by atomic mass is 35.5. The number of nitrogens with two attached hydrogens (primary N) is 1. The third-order valence-electron chi connectivity index (χ3n) is 2.18. The molecule has 0 saturated carbocycles. The molecule has 1 rings (SSSR count). The number of halogens is 3. The molecule has 0 bridgehead atoms. The molecule has 1 aromatic rings. The van der Waals surface area contributed by atoms with Gasteiger partial charge in [0.15, 0.2) is 0 Å². The third-order valence-corrected chi connectivity index (χ3v) is 2.50. The lowest BCUT2D eigenvalue weighted by Gasteiger charge is -2.23. The highest BCUT2D eigenvalue weighted by molar-refractivity contribution is 6.31. The van der Waals surface area contributed by atoms with Crippen molar-refractivity contribution in [2.45, 2.75) is 38.7 Å². The van der Waals surface area contributed by atoms with Crippen molar-refractivity contribution in [2.24, 2.45) is 5.73 Å². The molecule has 0 amide bonds. The normalized spacial score (nSPS) is 12.9. The maximum absolute atomic E-state index is 13.4. The minimum Gasteiger partial charge on any atom is -0.325 e. The molecule has 0 unspecified atom stereocenters. The fourth-order valence-electron chi connectivity index (χ4n) is 1.70. The van der Waals surface area contributed by atoms with Crippen molar-refractivity contribution < 1.29 is 8.78 Å². The lowest BCUT2D eigenvalue weighted by molar-refractivity contribution is 0.0165. The van der Waals surface area contributed by atoms with E-state index in [2.05, 4.69) is 0 Å². The molecule has 0 fully saturated rings. The topological polar surface area (TPSA) is 26.0 Å². The van der Waals surface area contributed by atoms with E-state index in [1.54, 1.807) is 26.0 Å². The van der Waals surface area contributed by atoms with E-state index < -0.39 is 11.5 Å². The second-order valence-corrected chi connectivity index (χ2v) is 5.23. The molecule has 90 valence electrons. The van der Waals surface area contributed by atoms with Crippen molar-refractivity contribution in [3.8, 4) is 0 Å². The average Bonchev–Trinajstić information content (AvgIpc) is 1.97. The van der Waals surface area contributed by atoms with Crippen molar-refractivity contribution in [3.63, 3.8) is 0 Å². The summed E-state index contributed by atoms with van der Waals surface area (Å²) in [5.41, 5.74) is 5.70. The maximum atomic E-state index is 13.4. The predicted molar refractivity (Wildman–Crippen MR) is 63.0 cm³/mol. The molecule has 0 aliphatic rings. The summed E-state index contributed by atoms with van der Waals surface area (Å²) in [7, 11) is 0. The number of benzene rings is 1. The maximum Gasteiger partial charge on any atom is 0.272 e. The summed E-state index contributed by atoms with van der Waals surface area (Å²) in [6.07, 6.45) is 0.367. The monoisotopic (exact) mass is 247 g/mol. The first-order valence-electron chi connectivity index (χ1n) is 5.06. The Morgan fingerprint density at radius 2 is 1.81 bits per heavy atom. The van der Waals surface area contributed by atoms with Gasteiger partial charge in [0.1, 0.15) is 0 Å². The van der Waals surface area contributed by atoms with Crippen molar-refractivity contribution >= 4 is 11.6 Å². The Balaban J connectivity index is 3.24. The van der Waals surface area contributed by atoms with Gasteiger partial charge in [-0.05, 0) is 31.9 Å². The molecule has 4 heteroatoms. The Kier molecular flexibility index (Phi) is 3.60. The van der Waals surface area contributed by atoms with Gasteiger partial charge in [0.2, 0.25) is 0 Å².